The topological polar surface area (TPSA) is 212 Å². The van der Waals surface area contributed by atoms with Crippen LogP contribution in [0.1, 0.15) is 124 Å². The third-order valence-electron chi connectivity index (χ3n) is 21.1. The van der Waals surface area contributed by atoms with Crippen molar-refractivity contribution < 1.29 is 43.3 Å². The number of nitrogens with one attached hydrogen (secondary N) is 1. The zero-order chi connectivity index (χ0) is 88.5. The molecule has 121 heavy (non-hydrogen) atoms. The van der Waals surface area contributed by atoms with Gasteiger partial charge in [-0.2, -0.15) is 0 Å². The summed E-state index contributed by atoms with van der Waals surface area (Å²) in [4.78, 5) is 95.2. The Hall–Kier alpha value is -8.42. The molecule has 8 aromatic rings. The van der Waals surface area contributed by atoms with E-state index in [4.69, 9.17) is 108 Å². The predicted octanol–water partition coefficient (Wildman–Crippen LogP) is 18.8. The average molecular weight is 1810 g/mol. The summed E-state index contributed by atoms with van der Waals surface area (Å²) in [5, 5.41) is 18.1. The second-order valence-electron chi connectivity index (χ2n) is 32.8. The maximum atomic E-state index is 13.2. The van der Waals surface area contributed by atoms with E-state index in [0.717, 1.165) is 78.8 Å². The molecule has 8 aromatic carbocycles. The zero-order valence-electron chi connectivity index (χ0n) is 71.2. The van der Waals surface area contributed by atoms with Crippen molar-refractivity contribution in [3.63, 3.8) is 0 Å². The number of carbonyl (C=O) groups excluding carboxylic acids is 6. The monoisotopic (exact) mass is 1810 g/mol. The van der Waals surface area contributed by atoms with Crippen molar-refractivity contribution in [2.75, 3.05) is 138 Å². The van der Waals surface area contributed by atoms with E-state index in [-0.39, 0.29) is 60.9 Å². The van der Waals surface area contributed by atoms with Gasteiger partial charge in [-0.3, -0.25) is 24.1 Å². The number of hydrogen-bond donors (Lipinski definition) is 3. The number of piperazine rings is 4. The van der Waals surface area contributed by atoms with Crippen molar-refractivity contribution in [2.45, 2.75) is 131 Å². The average Bonchev–Trinajstić information content (AvgIpc) is 0.799. The van der Waals surface area contributed by atoms with Crippen LogP contribution in [-0.4, -0.2) is 212 Å². The molecule has 6 amide bonds. The van der Waals surface area contributed by atoms with E-state index in [1.807, 2.05) is 223 Å². The van der Waals surface area contributed by atoms with Crippen LogP contribution in [0.2, 0.25) is 40.2 Å². The summed E-state index contributed by atoms with van der Waals surface area (Å²) >= 11 is 50.6. The van der Waals surface area contributed by atoms with Gasteiger partial charge in [-0.05, 0) is 232 Å². The van der Waals surface area contributed by atoms with Gasteiger partial charge in [-0.1, -0.05) is 166 Å². The predicted molar refractivity (Wildman–Crippen MR) is 493 cm³/mol. The summed E-state index contributed by atoms with van der Waals surface area (Å²) < 4.78 is 10.8. The number of aliphatic hydroxyl groups is 1. The Balaban J connectivity index is 0.000000184. The first-order chi connectivity index (χ1) is 57.2. The molecule has 650 valence electrons. The molecule has 0 bridgehead atoms. The normalized spacial score (nSPS) is 17.4. The van der Waals surface area contributed by atoms with E-state index >= 15 is 0 Å². The Kier molecular flexibility index (Phi) is 34.9. The molecule has 0 aromatic heterocycles. The fourth-order valence-electron chi connectivity index (χ4n) is 14.7. The van der Waals surface area contributed by atoms with E-state index in [9.17, 15) is 33.9 Å². The molecular weight excluding hydrogens is 1700 g/mol. The zero-order valence-corrected chi connectivity index (χ0v) is 77.3. The first-order valence-electron chi connectivity index (χ1n) is 40.5. The fraction of sp³-hybridized carbons (Fsp3) is 0.413. The van der Waals surface area contributed by atoms with E-state index in [1.165, 1.54) is 16.7 Å². The number of aryl methyl sites for hydroxylation is 4. The molecule has 0 radical (unpaired) electrons. The molecule has 0 spiro atoms. The number of halogens is 8. The molecule has 12 rings (SSSR count). The van der Waals surface area contributed by atoms with Crippen LogP contribution in [0.5, 0.6) is 0 Å². The Morgan fingerprint density at radius 3 is 0.975 bits per heavy atom. The summed E-state index contributed by atoms with van der Waals surface area (Å²) in [6, 6.07) is 53.7. The van der Waals surface area contributed by atoms with Crippen LogP contribution in [0.4, 0.5) is 32.3 Å². The van der Waals surface area contributed by atoms with Crippen molar-refractivity contribution in [3.05, 3.63) is 255 Å². The number of ether oxygens (including phenoxy) is 2. The minimum absolute atomic E-state index is 0.0238. The molecule has 4 saturated heterocycles. The number of rotatable bonds is 17. The highest BCUT2D eigenvalue weighted by molar-refractivity contribution is 6.35. The molecule has 21 nitrogen and oxygen atoms in total. The Morgan fingerprint density at radius 1 is 0.430 bits per heavy atom. The summed E-state index contributed by atoms with van der Waals surface area (Å²) in [5.74, 6) is -0.372. The molecule has 4 N–H and O–H groups in total. The van der Waals surface area contributed by atoms with Gasteiger partial charge in [-0.15, -0.1) is 0 Å². The van der Waals surface area contributed by atoms with Crippen LogP contribution in [0.3, 0.4) is 0 Å². The van der Waals surface area contributed by atoms with Gasteiger partial charge in [0.15, 0.2) is 0 Å². The van der Waals surface area contributed by atoms with Gasteiger partial charge < -0.3 is 69.7 Å². The lowest BCUT2D eigenvalue weighted by atomic mass is 10.00. The van der Waals surface area contributed by atoms with Crippen molar-refractivity contribution in [2.24, 2.45) is 5.73 Å². The van der Waals surface area contributed by atoms with Crippen LogP contribution in [-0.2, 0) is 28.7 Å². The molecular formula is C92H112Cl8N12O9. The van der Waals surface area contributed by atoms with Crippen molar-refractivity contribution in [1.82, 2.24) is 34.7 Å². The first-order valence-corrected chi connectivity index (χ1v) is 43.5. The molecule has 0 aliphatic carbocycles. The highest BCUT2D eigenvalue weighted by Crippen LogP contribution is 2.42. The van der Waals surface area contributed by atoms with Gasteiger partial charge in [0.1, 0.15) is 30.3 Å². The summed E-state index contributed by atoms with van der Waals surface area (Å²) in [7, 11) is 3.36. The fourth-order valence-corrected chi connectivity index (χ4v) is 16.6. The van der Waals surface area contributed by atoms with E-state index in [0.29, 0.717) is 120 Å². The number of amides is 6. The lowest BCUT2D eigenvalue weighted by Gasteiger charge is -2.44. The van der Waals surface area contributed by atoms with Gasteiger partial charge in [-0.25, -0.2) is 9.59 Å². The molecule has 0 unspecified atom stereocenters. The second kappa shape index (κ2) is 43.8. The van der Waals surface area contributed by atoms with Crippen molar-refractivity contribution >= 4 is 151 Å². The number of nitrogens with two attached hydrogens (primary N) is 1. The number of nitrogens with zero attached hydrogens (tertiary/aromatic N) is 10. The van der Waals surface area contributed by atoms with Crippen LogP contribution in [0.15, 0.2) is 170 Å². The highest BCUT2D eigenvalue weighted by atomic mass is 35.5. The molecule has 4 aliphatic heterocycles. The van der Waals surface area contributed by atoms with Gasteiger partial charge in [0.2, 0.25) is 23.6 Å². The first kappa shape index (κ1) is 96.4. The van der Waals surface area contributed by atoms with Crippen LogP contribution >= 0.6 is 92.8 Å². The molecule has 29 heteroatoms. The molecule has 4 fully saturated rings. The van der Waals surface area contributed by atoms with E-state index in [1.54, 1.807) is 44.7 Å². The lowest BCUT2D eigenvalue weighted by molar-refractivity contribution is -0.136. The highest BCUT2D eigenvalue weighted by Gasteiger charge is 2.39. The SMILES string of the molecule is CCN(CC(=O)N1CCN(c2ccc(C)cc2Cl)[C@H](c2ccc(Cl)cc2)C1)C(=O)OC(C)(C)C.CNCC(=O)N1CCN(c2ccc(C)cc2Cl)[C@H](c2ccc(Cl)cc2)C1.Cc1ccc(N2CCN(C(=O)CN(C)C(=O)OC(C)(C)C)C[C@H]2c2ccc(Cl)cc2)c(Cl)c1.Cc1ccc(N2CCN(C(=O)[C@@H](N)[C@@H](C)O)C[C@H]2c2ccc(Cl)cc2)c(Cl)c1. The largest absolute Gasteiger partial charge is 0.444 e. The number of hydrogen-bond acceptors (Lipinski definition) is 15. The smallest absolute Gasteiger partial charge is 0.410 e. The van der Waals surface area contributed by atoms with Crippen molar-refractivity contribution in [3.8, 4) is 0 Å². The lowest BCUT2D eigenvalue weighted by Crippen LogP contribution is -2.56. The van der Waals surface area contributed by atoms with Crippen LogP contribution in [0, 0.1) is 27.7 Å². The van der Waals surface area contributed by atoms with Gasteiger partial charge in [0.25, 0.3) is 0 Å². The third kappa shape index (κ3) is 27.0. The number of aliphatic hydroxyl groups excluding tert-OH is 1. The number of likely N-dealkylation sites (N-methyl/N-ethyl adjacent to an activating group) is 3. The second-order valence-corrected chi connectivity index (χ2v) is 36.2. The van der Waals surface area contributed by atoms with Crippen molar-refractivity contribution in [1.29, 1.82) is 0 Å². The Morgan fingerprint density at radius 2 is 0.702 bits per heavy atom. The molecule has 0 saturated carbocycles. The Labute approximate surface area is 753 Å². The minimum atomic E-state index is -0.930. The van der Waals surface area contributed by atoms with Gasteiger partial charge in [0.05, 0.1) is 79.7 Å². The van der Waals surface area contributed by atoms with Crippen LogP contribution < -0.4 is 30.7 Å². The molecule has 6 atom stereocenters. The molecule has 4 aliphatic rings. The summed E-state index contributed by atoms with van der Waals surface area (Å²) in [6.45, 7) is 29.7. The van der Waals surface area contributed by atoms with Gasteiger partial charge >= 0.3 is 12.2 Å². The van der Waals surface area contributed by atoms with Gasteiger partial charge in [0, 0.05) is 112 Å². The maximum Gasteiger partial charge on any atom is 0.410 e. The summed E-state index contributed by atoms with van der Waals surface area (Å²) in [5.41, 5.74) is 17.1. The number of carbonyl (C=O) groups is 6. The summed E-state index contributed by atoms with van der Waals surface area (Å²) in [6.07, 6.45) is -1.90. The van der Waals surface area contributed by atoms with Crippen LogP contribution in [0.25, 0.3) is 0 Å². The van der Waals surface area contributed by atoms with E-state index in [2.05, 4.69) is 37.0 Å². The standard InChI is InChI=1S/C26H33Cl2N3O3.C25H31Cl2N3O3.C21H25Cl2N3O2.C20H23Cl2N3O/c1-6-29(25(33)34-26(3,4)5)17-24(32)30-13-14-31(22-12-7-18(2)15-21(22)28)23(16-30)19-8-10-20(27)11-9-19;1-17-6-11-21(20(27)14-17)30-13-12-29(15-22(30)18-7-9-19(26)10-8-18)23(31)16-28(5)24(32)33-25(2,3)4;1-13-3-8-18(17(23)11-13)26-10-9-25(21(28)20(24)14(2)27)12-19(26)15-4-6-16(22)7-5-15;1-14-3-8-18(17(22)11-14)25-10-9-24(20(26)12-23-2)13-19(25)15-4-6-16(21)7-5-15/h7-12,15,23H,6,13-14,16-17H2,1-5H3;6-11,14,22H,12-13,15-16H2,1-5H3;3-8,11,14,19-20,27H,9-10,12,24H2,1-2H3;3-8,11,19,23H,9-10,12-13H2,1-2H3/t23-;22-;14-,19+,20+;19-/m0010/s1. The van der Waals surface area contributed by atoms with E-state index < -0.39 is 35.5 Å². The maximum absolute atomic E-state index is 13.2. The Bertz CT molecular complexity index is 4850. The minimum Gasteiger partial charge on any atom is -0.444 e. The number of anilines is 4. The third-order valence-corrected chi connectivity index (χ3v) is 23.3. The number of benzene rings is 8. The quantitative estimate of drug-likeness (QED) is 0.0774. The molecule has 4 heterocycles.